The molecule has 0 aliphatic carbocycles. The molecule has 4 nitrogen and oxygen atoms in total. The lowest BCUT2D eigenvalue weighted by Crippen LogP contribution is -2.34. The smallest absolute Gasteiger partial charge is 0.305 e. The molecule has 1 unspecified atom stereocenters. The predicted octanol–water partition coefficient (Wildman–Crippen LogP) is 1.90. The van der Waals surface area contributed by atoms with Gasteiger partial charge in [0.25, 0.3) is 5.91 Å². The van der Waals surface area contributed by atoms with E-state index in [1.165, 1.54) is 0 Å². The highest BCUT2D eigenvalue weighted by Crippen LogP contribution is 2.12. The lowest BCUT2D eigenvalue weighted by Gasteiger charge is -2.13. The van der Waals surface area contributed by atoms with Gasteiger partial charge < -0.3 is 10.4 Å². The van der Waals surface area contributed by atoms with E-state index in [9.17, 15) is 9.59 Å². The van der Waals surface area contributed by atoms with Crippen LogP contribution in [0.4, 0.5) is 0 Å². The largest absolute Gasteiger partial charge is 0.481 e. The summed E-state index contributed by atoms with van der Waals surface area (Å²) in [6.45, 7) is 5.50. The van der Waals surface area contributed by atoms with Crippen LogP contribution in [0.3, 0.4) is 0 Å². The molecule has 2 N–H and O–H groups in total. The van der Waals surface area contributed by atoms with E-state index < -0.39 is 5.97 Å². The van der Waals surface area contributed by atoms with E-state index in [4.69, 9.17) is 5.11 Å². The molecule has 0 aliphatic heterocycles. The van der Waals surface area contributed by atoms with E-state index >= 15 is 0 Å². The highest BCUT2D eigenvalue weighted by molar-refractivity contribution is 5.96. The van der Waals surface area contributed by atoms with Gasteiger partial charge in [-0.15, -0.1) is 0 Å². The van der Waals surface area contributed by atoms with Gasteiger partial charge in [0.2, 0.25) is 0 Å². The number of amides is 1. The van der Waals surface area contributed by atoms with Gasteiger partial charge in [-0.2, -0.15) is 0 Å². The molecule has 0 fully saturated rings. The van der Waals surface area contributed by atoms with Gasteiger partial charge in [-0.1, -0.05) is 12.1 Å². The van der Waals surface area contributed by atoms with Crippen LogP contribution in [0.1, 0.15) is 34.8 Å². The summed E-state index contributed by atoms with van der Waals surface area (Å²) in [5.41, 5.74) is 2.57. The lowest BCUT2D eigenvalue weighted by molar-refractivity contribution is -0.137. The Kier molecular flexibility index (Phi) is 4.26. The van der Waals surface area contributed by atoms with Gasteiger partial charge in [-0.3, -0.25) is 9.59 Å². The van der Waals surface area contributed by atoms with Crippen molar-refractivity contribution in [3.8, 4) is 0 Å². The van der Waals surface area contributed by atoms with Gasteiger partial charge in [0, 0.05) is 11.6 Å². The standard InChI is InChI=1S/C13H17NO3/c1-8-5-4-6-11(10(8)3)13(17)14-9(2)7-12(15)16/h4-6,9H,7H2,1-3H3,(H,14,17)(H,15,16). The fourth-order valence-electron chi connectivity index (χ4n) is 1.61. The molecule has 0 saturated carbocycles. The third-order valence-corrected chi connectivity index (χ3v) is 2.71. The maximum Gasteiger partial charge on any atom is 0.305 e. The first-order valence-electron chi connectivity index (χ1n) is 5.50. The predicted molar refractivity (Wildman–Crippen MR) is 65.1 cm³/mol. The van der Waals surface area contributed by atoms with Crippen LogP contribution >= 0.6 is 0 Å². The zero-order valence-electron chi connectivity index (χ0n) is 10.3. The number of aryl methyl sites for hydroxylation is 1. The summed E-state index contributed by atoms with van der Waals surface area (Å²) >= 11 is 0. The zero-order chi connectivity index (χ0) is 13.0. The fourth-order valence-corrected chi connectivity index (χ4v) is 1.61. The minimum Gasteiger partial charge on any atom is -0.481 e. The molecular weight excluding hydrogens is 218 g/mol. The summed E-state index contributed by atoms with van der Waals surface area (Å²) in [7, 11) is 0. The topological polar surface area (TPSA) is 66.4 Å². The van der Waals surface area contributed by atoms with E-state index in [0.29, 0.717) is 5.56 Å². The van der Waals surface area contributed by atoms with Crippen molar-refractivity contribution >= 4 is 11.9 Å². The molecule has 17 heavy (non-hydrogen) atoms. The van der Waals surface area contributed by atoms with Gasteiger partial charge in [-0.25, -0.2) is 0 Å². The van der Waals surface area contributed by atoms with Crippen molar-refractivity contribution in [2.24, 2.45) is 0 Å². The van der Waals surface area contributed by atoms with E-state index in [2.05, 4.69) is 5.32 Å². The van der Waals surface area contributed by atoms with Crippen LogP contribution in [0.15, 0.2) is 18.2 Å². The van der Waals surface area contributed by atoms with Crippen molar-refractivity contribution in [3.05, 3.63) is 34.9 Å². The number of rotatable bonds is 4. The molecule has 0 aromatic heterocycles. The van der Waals surface area contributed by atoms with Crippen LogP contribution in [0, 0.1) is 13.8 Å². The Morgan fingerprint density at radius 1 is 1.35 bits per heavy atom. The molecular formula is C13H17NO3. The first kappa shape index (κ1) is 13.2. The van der Waals surface area contributed by atoms with Crippen molar-refractivity contribution in [1.29, 1.82) is 0 Å². The average Bonchev–Trinajstić information content (AvgIpc) is 2.20. The summed E-state index contributed by atoms with van der Waals surface area (Å²) in [6.07, 6.45) is -0.0728. The quantitative estimate of drug-likeness (QED) is 0.837. The SMILES string of the molecule is Cc1cccc(C(=O)NC(C)CC(=O)O)c1C. The number of carboxylic acid groups (broad SMARTS) is 1. The first-order chi connectivity index (χ1) is 7.91. The molecule has 1 atom stereocenters. The number of nitrogens with one attached hydrogen (secondary N) is 1. The lowest BCUT2D eigenvalue weighted by atomic mass is 10.0. The Morgan fingerprint density at radius 2 is 2.00 bits per heavy atom. The number of carbonyl (C=O) groups is 2. The third-order valence-electron chi connectivity index (χ3n) is 2.71. The van der Waals surface area contributed by atoms with Gasteiger partial charge in [-0.05, 0) is 38.0 Å². The molecule has 1 amide bonds. The normalized spacial score (nSPS) is 11.9. The number of hydrogen-bond acceptors (Lipinski definition) is 2. The highest BCUT2D eigenvalue weighted by atomic mass is 16.4. The van der Waals surface area contributed by atoms with Gasteiger partial charge >= 0.3 is 5.97 Å². The van der Waals surface area contributed by atoms with Gasteiger partial charge in [0.05, 0.1) is 6.42 Å². The van der Waals surface area contributed by atoms with Crippen molar-refractivity contribution in [3.63, 3.8) is 0 Å². The van der Waals surface area contributed by atoms with Crippen molar-refractivity contribution in [1.82, 2.24) is 5.32 Å². The molecule has 0 saturated heterocycles. The summed E-state index contributed by atoms with van der Waals surface area (Å²) < 4.78 is 0. The first-order valence-corrected chi connectivity index (χ1v) is 5.50. The Hall–Kier alpha value is -1.84. The number of benzene rings is 1. The third kappa shape index (κ3) is 3.59. The Bertz CT molecular complexity index is 440. The van der Waals surface area contributed by atoms with Crippen molar-refractivity contribution in [2.45, 2.75) is 33.2 Å². The Morgan fingerprint density at radius 3 is 2.59 bits per heavy atom. The molecule has 4 heteroatoms. The summed E-state index contributed by atoms with van der Waals surface area (Å²) in [4.78, 5) is 22.4. The molecule has 0 spiro atoms. The maximum atomic E-state index is 11.9. The van der Waals surface area contributed by atoms with E-state index in [1.54, 1.807) is 13.0 Å². The fraction of sp³-hybridized carbons (Fsp3) is 0.385. The zero-order valence-corrected chi connectivity index (χ0v) is 10.3. The van der Waals surface area contributed by atoms with Gasteiger partial charge in [0.1, 0.15) is 0 Å². The summed E-state index contributed by atoms with van der Waals surface area (Å²) in [5.74, 6) is -1.14. The van der Waals surface area contributed by atoms with Crippen LogP contribution < -0.4 is 5.32 Å². The number of carbonyl (C=O) groups excluding carboxylic acids is 1. The van der Waals surface area contributed by atoms with Crippen LogP contribution in [-0.4, -0.2) is 23.0 Å². The molecule has 0 bridgehead atoms. The van der Waals surface area contributed by atoms with Crippen molar-refractivity contribution < 1.29 is 14.7 Å². The Balaban J connectivity index is 2.77. The highest BCUT2D eigenvalue weighted by Gasteiger charge is 2.14. The van der Waals surface area contributed by atoms with Crippen LogP contribution in [0.25, 0.3) is 0 Å². The minimum absolute atomic E-state index is 0.0728. The second-order valence-electron chi connectivity index (χ2n) is 4.22. The maximum absolute atomic E-state index is 11.9. The summed E-state index contributed by atoms with van der Waals surface area (Å²) in [5, 5.41) is 11.3. The van der Waals surface area contributed by atoms with Crippen LogP contribution in [0.2, 0.25) is 0 Å². The van der Waals surface area contributed by atoms with Gasteiger partial charge in [0.15, 0.2) is 0 Å². The number of carboxylic acids is 1. The number of hydrogen-bond donors (Lipinski definition) is 2. The molecule has 0 aliphatic rings. The molecule has 1 rings (SSSR count). The molecule has 0 heterocycles. The minimum atomic E-state index is -0.918. The van der Waals surface area contributed by atoms with E-state index in [-0.39, 0.29) is 18.4 Å². The van der Waals surface area contributed by atoms with Crippen LogP contribution in [-0.2, 0) is 4.79 Å². The number of aliphatic carboxylic acids is 1. The van der Waals surface area contributed by atoms with E-state index in [0.717, 1.165) is 11.1 Å². The second kappa shape index (κ2) is 5.48. The molecule has 0 radical (unpaired) electrons. The van der Waals surface area contributed by atoms with Crippen molar-refractivity contribution in [2.75, 3.05) is 0 Å². The summed E-state index contributed by atoms with van der Waals surface area (Å²) in [6, 6.07) is 5.12. The Labute approximate surface area is 101 Å². The molecule has 92 valence electrons. The van der Waals surface area contributed by atoms with Crippen LogP contribution in [0.5, 0.6) is 0 Å². The van der Waals surface area contributed by atoms with E-state index in [1.807, 2.05) is 26.0 Å². The molecule has 1 aromatic carbocycles. The molecule has 1 aromatic rings. The second-order valence-corrected chi connectivity index (χ2v) is 4.22. The monoisotopic (exact) mass is 235 g/mol. The average molecular weight is 235 g/mol.